The van der Waals surface area contributed by atoms with E-state index in [4.69, 9.17) is 4.74 Å². The number of ether oxygens (including phenoxy) is 1. The Hall–Kier alpha value is -2.28. The number of nitrogens with one attached hydrogen (secondary N) is 1. The van der Waals surface area contributed by atoms with Gasteiger partial charge in [-0.1, -0.05) is 17.7 Å². The molecule has 7 heteroatoms. The lowest BCUT2D eigenvalue weighted by Crippen LogP contribution is -2.25. The zero-order valence-corrected chi connectivity index (χ0v) is 15.9. The zero-order chi connectivity index (χ0) is 18.6. The number of aromatic nitrogens is 2. The number of hydrogen-bond donors (Lipinski definition) is 1. The van der Waals surface area contributed by atoms with Gasteiger partial charge < -0.3 is 10.1 Å². The molecule has 1 N–H and O–H groups in total. The number of carbonyl (C=O) groups excluding carboxylic acids is 2. The Kier molecular flexibility index (Phi) is 6.25. The van der Waals surface area contributed by atoms with Crippen molar-refractivity contribution in [2.75, 3.05) is 11.9 Å². The van der Waals surface area contributed by atoms with Gasteiger partial charge in [0.05, 0.1) is 17.1 Å². The van der Waals surface area contributed by atoms with E-state index in [-0.39, 0.29) is 12.5 Å². The van der Waals surface area contributed by atoms with E-state index < -0.39 is 11.2 Å². The predicted octanol–water partition coefficient (Wildman–Crippen LogP) is 3.01. The maximum absolute atomic E-state index is 12.1. The first kappa shape index (κ1) is 19.1. The van der Waals surface area contributed by atoms with Crippen LogP contribution in [0.5, 0.6) is 0 Å². The fraction of sp³-hybridized carbons (Fsp3) is 0.389. The molecule has 0 saturated carbocycles. The van der Waals surface area contributed by atoms with Crippen molar-refractivity contribution >= 4 is 29.3 Å². The van der Waals surface area contributed by atoms with Crippen molar-refractivity contribution in [2.45, 2.75) is 37.8 Å². The Bertz CT molecular complexity index is 769. The number of nitrogens with zero attached hydrogens (tertiary/aromatic N) is 2. The molecule has 6 nitrogen and oxygen atoms in total. The Morgan fingerprint density at radius 3 is 2.44 bits per heavy atom. The van der Waals surface area contributed by atoms with Crippen molar-refractivity contribution in [3.8, 4) is 0 Å². The average molecular weight is 361 g/mol. The van der Waals surface area contributed by atoms with Crippen LogP contribution in [0.25, 0.3) is 0 Å². The normalized spacial score (nSPS) is 11.9. The Labute approximate surface area is 151 Å². The summed E-state index contributed by atoms with van der Waals surface area (Å²) in [5.74, 6) is -0.791. The second-order valence-electron chi connectivity index (χ2n) is 5.90. The average Bonchev–Trinajstić information content (AvgIpc) is 2.81. The summed E-state index contributed by atoms with van der Waals surface area (Å²) in [5, 5.41) is 6.58. The van der Waals surface area contributed by atoms with Gasteiger partial charge in [0.2, 0.25) is 0 Å². The van der Waals surface area contributed by atoms with Gasteiger partial charge in [0.15, 0.2) is 6.61 Å². The molecule has 1 amide bonds. The van der Waals surface area contributed by atoms with Gasteiger partial charge in [0, 0.05) is 11.9 Å². The number of benzene rings is 1. The Morgan fingerprint density at radius 1 is 1.24 bits per heavy atom. The summed E-state index contributed by atoms with van der Waals surface area (Å²) in [7, 11) is 1.81. The first-order valence-corrected chi connectivity index (χ1v) is 8.86. The Morgan fingerprint density at radius 2 is 1.88 bits per heavy atom. The van der Waals surface area contributed by atoms with Crippen LogP contribution in [0.15, 0.2) is 29.2 Å². The van der Waals surface area contributed by atoms with Crippen LogP contribution >= 0.6 is 11.8 Å². The number of esters is 1. The van der Waals surface area contributed by atoms with Gasteiger partial charge in [-0.15, -0.1) is 11.8 Å². The maximum Gasteiger partial charge on any atom is 0.319 e. The smallest absolute Gasteiger partial charge is 0.319 e. The molecular weight excluding hydrogens is 338 g/mol. The van der Waals surface area contributed by atoms with E-state index in [0.717, 1.165) is 21.8 Å². The van der Waals surface area contributed by atoms with E-state index in [0.29, 0.717) is 5.69 Å². The summed E-state index contributed by atoms with van der Waals surface area (Å²) in [4.78, 5) is 25.1. The lowest BCUT2D eigenvalue weighted by molar-refractivity contribution is -0.146. The van der Waals surface area contributed by atoms with E-state index in [1.165, 1.54) is 11.8 Å². The van der Waals surface area contributed by atoms with E-state index in [1.54, 1.807) is 11.6 Å². The summed E-state index contributed by atoms with van der Waals surface area (Å²) in [6.07, 6.45) is 0. The van der Waals surface area contributed by atoms with E-state index in [1.807, 2.05) is 52.1 Å². The minimum Gasteiger partial charge on any atom is -0.455 e. The first-order valence-electron chi connectivity index (χ1n) is 7.98. The molecule has 0 radical (unpaired) electrons. The molecule has 0 aliphatic rings. The number of thioether (sulfide) groups is 1. The second-order valence-corrected chi connectivity index (χ2v) is 7.31. The molecule has 0 aliphatic heterocycles. The van der Waals surface area contributed by atoms with Crippen molar-refractivity contribution in [1.29, 1.82) is 0 Å². The summed E-state index contributed by atoms with van der Waals surface area (Å²) in [6, 6.07) is 7.91. The molecule has 2 aromatic rings. The van der Waals surface area contributed by atoms with Gasteiger partial charge in [-0.05, 0) is 39.8 Å². The molecule has 1 aromatic heterocycles. The number of anilines is 1. The molecule has 0 unspecified atom stereocenters. The molecule has 1 atom stereocenters. The minimum absolute atomic E-state index is 0.314. The summed E-state index contributed by atoms with van der Waals surface area (Å²) in [6.45, 7) is 7.14. The van der Waals surface area contributed by atoms with Gasteiger partial charge in [-0.2, -0.15) is 5.10 Å². The third kappa shape index (κ3) is 5.09. The van der Waals surface area contributed by atoms with Crippen LogP contribution in [0.3, 0.4) is 0 Å². The molecule has 0 saturated heterocycles. The summed E-state index contributed by atoms with van der Waals surface area (Å²) < 4.78 is 6.81. The molecule has 0 spiro atoms. The van der Waals surface area contributed by atoms with Gasteiger partial charge in [0.25, 0.3) is 5.91 Å². The fourth-order valence-electron chi connectivity index (χ4n) is 2.25. The van der Waals surface area contributed by atoms with Crippen molar-refractivity contribution in [2.24, 2.45) is 7.05 Å². The highest BCUT2D eigenvalue weighted by molar-refractivity contribution is 8.00. The fourth-order valence-corrected chi connectivity index (χ4v) is 3.12. The molecule has 134 valence electrons. The number of carbonyl (C=O) groups is 2. The lowest BCUT2D eigenvalue weighted by Gasteiger charge is -2.11. The molecule has 2 rings (SSSR count). The van der Waals surface area contributed by atoms with Crippen LogP contribution in [0.4, 0.5) is 5.69 Å². The summed E-state index contributed by atoms with van der Waals surface area (Å²) in [5.41, 5.74) is 3.39. The maximum atomic E-state index is 12.1. The highest BCUT2D eigenvalue weighted by atomic mass is 32.2. The van der Waals surface area contributed by atoms with Gasteiger partial charge in [-0.3, -0.25) is 14.3 Å². The molecule has 0 fully saturated rings. The van der Waals surface area contributed by atoms with Crippen LogP contribution in [-0.2, 0) is 21.4 Å². The van der Waals surface area contributed by atoms with Crippen molar-refractivity contribution in [3.63, 3.8) is 0 Å². The monoisotopic (exact) mass is 361 g/mol. The topological polar surface area (TPSA) is 73.2 Å². The van der Waals surface area contributed by atoms with Gasteiger partial charge in [0.1, 0.15) is 5.25 Å². The first-order chi connectivity index (χ1) is 11.8. The quantitative estimate of drug-likeness (QED) is 0.632. The van der Waals surface area contributed by atoms with Crippen molar-refractivity contribution in [1.82, 2.24) is 9.78 Å². The highest BCUT2D eigenvalue weighted by Gasteiger charge is 2.18. The van der Waals surface area contributed by atoms with Crippen LogP contribution in [0.1, 0.15) is 23.9 Å². The van der Waals surface area contributed by atoms with Gasteiger partial charge >= 0.3 is 5.97 Å². The number of rotatable bonds is 6. The third-order valence-corrected chi connectivity index (χ3v) is 4.88. The minimum atomic E-state index is -0.416. The van der Waals surface area contributed by atoms with Crippen molar-refractivity contribution < 1.29 is 14.3 Å². The van der Waals surface area contributed by atoms with Crippen LogP contribution in [-0.4, -0.2) is 33.5 Å². The van der Waals surface area contributed by atoms with Crippen LogP contribution in [0, 0.1) is 20.8 Å². The highest BCUT2D eigenvalue weighted by Crippen LogP contribution is 2.24. The Balaban J connectivity index is 1.84. The second kappa shape index (κ2) is 8.20. The lowest BCUT2D eigenvalue weighted by atomic mass is 10.2. The van der Waals surface area contributed by atoms with Crippen LogP contribution in [0.2, 0.25) is 0 Å². The van der Waals surface area contributed by atoms with E-state index in [9.17, 15) is 9.59 Å². The SMILES string of the molecule is Cc1ccc(S[C@H](C)C(=O)OCC(=O)Nc2c(C)nn(C)c2C)cc1. The molecule has 1 heterocycles. The number of hydrogen-bond acceptors (Lipinski definition) is 5. The molecule has 0 bridgehead atoms. The van der Waals surface area contributed by atoms with E-state index >= 15 is 0 Å². The third-order valence-electron chi connectivity index (χ3n) is 3.78. The van der Waals surface area contributed by atoms with Gasteiger partial charge in [-0.25, -0.2) is 0 Å². The van der Waals surface area contributed by atoms with Crippen molar-refractivity contribution in [3.05, 3.63) is 41.2 Å². The van der Waals surface area contributed by atoms with Crippen LogP contribution < -0.4 is 5.32 Å². The van der Waals surface area contributed by atoms with E-state index in [2.05, 4.69) is 10.4 Å². The largest absolute Gasteiger partial charge is 0.455 e. The zero-order valence-electron chi connectivity index (χ0n) is 15.1. The predicted molar refractivity (Wildman–Crippen MR) is 98.8 cm³/mol. The number of aryl methyl sites for hydroxylation is 3. The number of amides is 1. The molecular formula is C18H23N3O3S. The summed E-state index contributed by atoms with van der Waals surface area (Å²) >= 11 is 1.40. The standard InChI is InChI=1S/C18H23N3O3S/c1-11-6-8-15(9-7-11)25-14(4)18(23)24-10-16(22)19-17-12(2)20-21(5)13(17)3/h6-9,14H,10H2,1-5H3,(H,19,22)/t14-/m1/s1. The molecule has 1 aromatic carbocycles. The molecule has 0 aliphatic carbocycles. The molecule has 25 heavy (non-hydrogen) atoms.